The minimum Gasteiger partial charge on any atom is -0.350 e. The first kappa shape index (κ1) is 24.9. The maximum Gasteiger partial charge on any atom is 0.270 e. The van der Waals surface area contributed by atoms with Crippen molar-refractivity contribution < 1.29 is 18.9 Å². The molecule has 1 heterocycles. The van der Waals surface area contributed by atoms with Crippen LogP contribution in [0.2, 0.25) is 0 Å². The number of imidazole rings is 1. The molecule has 0 bridgehead atoms. The average Bonchev–Trinajstić information content (AvgIpc) is 3.25. The van der Waals surface area contributed by atoms with E-state index in [1.807, 2.05) is 6.26 Å². The van der Waals surface area contributed by atoms with Gasteiger partial charge < -0.3 is 15.2 Å². The quantitative estimate of drug-likeness (QED) is 0.336. The zero-order valence-corrected chi connectivity index (χ0v) is 19.5. The first-order valence-corrected chi connectivity index (χ1v) is 11.8. The second kappa shape index (κ2) is 11.4. The molecule has 0 aliphatic heterocycles. The summed E-state index contributed by atoms with van der Waals surface area (Å²) in [5.41, 5.74) is 0.783. The second-order valence-electron chi connectivity index (χ2n) is 7.46. The fourth-order valence-electron chi connectivity index (χ4n) is 3.31. The molecule has 1 aromatic heterocycles. The van der Waals surface area contributed by atoms with Crippen molar-refractivity contribution in [3.8, 4) is 5.69 Å². The summed E-state index contributed by atoms with van der Waals surface area (Å²) >= 11 is 1.52. The number of amides is 2. The number of nitrogens with zero attached hydrogens (tertiary/aromatic N) is 3. The number of nitro groups is 1. The molecule has 3 aromatic rings. The molecule has 2 N–H and O–H groups in total. The number of non-ortho nitro benzene ring substituents is 1. The van der Waals surface area contributed by atoms with Crippen LogP contribution in [0.3, 0.4) is 0 Å². The van der Waals surface area contributed by atoms with Gasteiger partial charge in [-0.25, -0.2) is 9.37 Å². The normalized spacial score (nSPS) is 11.6. The van der Waals surface area contributed by atoms with E-state index in [1.54, 1.807) is 36.0 Å². The lowest BCUT2D eigenvalue weighted by Crippen LogP contribution is -2.46. The van der Waals surface area contributed by atoms with Crippen LogP contribution >= 0.6 is 11.8 Å². The second-order valence-corrected chi connectivity index (χ2v) is 8.45. The van der Waals surface area contributed by atoms with Crippen LogP contribution in [0.4, 0.5) is 10.1 Å². The summed E-state index contributed by atoms with van der Waals surface area (Å²) in [4.78, 5) is 39.9. The molecule has 0 saturated carbocycles. The fourth-order valence-corrected chi connectivity index (χ4v) is 3.78. The summed E-state index contributed by atoms with van der Waals surface area (Å²) in [6.45, 7) is 1.84. The highest BCUT2D eigenvalue weighted by Crippen LogP contribution is 2.17. The monoisotopic (exact) mass is 485 g/mol. The molecule has 2 aromatic carbocycles. The van der Waals surface area contributed by atoms with Gasteiger partial charge in [0.2, 0.25) is 5.91 Å². The van der Waals surface area contributed by atoms with E-state index in [4.69, 9.17) is 0 Å². The van der Waals surface area contributed by atoms with E-state index in [1.165, 1.54) is 36.0 Å². The Labute approximate surface area is 199 Å². The van der Waals surface area contributed by atoms with E-state index >= 15 is 0 Å². The van der Waals surface area contributed by atoms with Gasteiger partial charge in [-0.3, -0.25) is 19.7 Å². The van der Waals surface area contributed by atoms with Gasteiger partial charge in [0.25, 0.3) is 11.6 Å². The molecule has 0 radical (unpaired) electrons. The van der Waals surface area contributed by atoms with Crippen molar-refractivity contribution in [2.24, 2.45) is 0 Å². The lowest BCUT2D eigenvalue weighted by molar-refractivity contribution is -0.384. The lowest BCUT2D eigenvalue weighted by Gasteiger charge is -2.18. The molecule has 1 unspecified atom stereocenters. The first-order valence-electron chi connectivity index (χ1n) is 10.4. The Morgan fingerprint density at radius 1 is 1.26 bits per heavy atom. The molecular weight excluding hydrogens is 461 g/mol. The van der Waals surface area contributed by atoms with Gasteiger partial charge in [0.1, 0.15) is 17.7 Å². The van der Waals surface area contributed by atoms with Crippen molar-refractivity contribution in [3.05, 3.63) is 87.7 Å². The summed E-state index contributed by atoms with van der Waals surface area (Å²) in [6, 6.07) is 9.10. The van der Waals surface area contributed by atoms with Gasteiger partial charge in [-0.2, -0.15) is 11.8 Å². The minimum absolute atomic E-state index is 0.0708. The Kier molecular flexibility index (Phi) is 8.36. The van der Waals surface area contributed by atoms with Crippen LogP contribution in [0.15, 0.2) is 54.9 Å². The zero-order valence-electron chi connectivity index (χ0n) is 18.7. The van der Waals surface area contributed by atoms with E-state index < -0.39 is 28.6 Å². The third kappa shape index (κ3) is 6.19. The van der Waals surface area contributed by atoms with Gasteiger partial charge >= 0.3 is 0 Å². The highest BCUT2D eigenvalue weighted by Gasteiger charge is 2.22. The first-order chi connectivity index (χ1) is 16.3. The number of rotatable bonds is 10. The van der Waals surface area contributed by atoms with Crippen LogP contribution in [0.5, 0.6) is 0 Å². The number of halogens is 1. The molecule has 9 nitrogen and oxygen atoms in total. The summed E-state index contributed by atoms with van der Waals surface area (Å²) in [5.74, 6) is -0.207. The summed E-state index contributed by atoms with van der Waals surface area (Å²) in [6.07, 6.45) is 5.49. The van der Waals surface area contributed by atoms with E-state index in [0.717, 1.165) is 6.07 Å². The number of nitrogens with one attached hydrogen (secondary N) is 2. The molecule has 1 atom stereocenters. The van der Waals surface area contributed by atoms with Gasteiger partial charge in [0, 0.05) is 36.6 Å². The molecule has 3 rings (SSSR count). The Morgan fingerprint density at radius 2 is 2.06 bits per heavy atom. The number of hydrogen-bond donors (Lipinski definition) is 2. The standard InChI is InChI=1S/C23H24FN5O4S/c1-15-25-9-10-28(15)21-7-6-16(12-19(21)24)14-26-23(31)20(8-11-34-2)27-22(30)17-4-3-5-18(13-17)29(32)33/h3-7,9-10,12-13,20H,8,11,14H2,1-2H3,(H,26,31)(H,27,30). The highest BCUT2D eigenvalue weighted by molar-refractivity contribution is 7.98. The Balaban J connectivity index is 1.67. The molecule has 0 saturated heterocycles. The number of aromatic nitrogens is 2. The van der Waals surface area contributed by atoms with Crippen molar-refractivity contribution in [2.45, 2.75) is 25.9 Å². The molecule has 11 heteroatoms. The van der Waals surface area contributed by atoms with Crippen molar-refractivity contribution in [1.29, 1.82) is 0 Å². The number of benzene rings is 2. The van der Waals surface area contributed by atoms with Crippen LogP contribution < -0.4 is 10.6 Å². The van der Waals surface area contributed by atoms with Crippen molar-refractivity contribution >= 4 is 29.3 Å². The Bertz CT molecular complexity index is 1200. The predicted molar refractivity (Wildman–Crippen MR) is 127 cm³/mol. The molecule has 178 valence electrons. The van der Waals surface area contributed by atoms with Gasteiger partial charge in [-0.1, -0.05) is 12.1 Å². The maximum atomic E-state index is 14.6. The van der Waals surface area contributed by atoms with Gasteiger partial charge in [-0.15, -0.1) is 0 Å². The molecule has 0 spiro atoms. The predicted octanol–water partition coefficient (Wildman–Crippen LogP) is 3.40. The number of carbonyl (C=O) groups excluding carboxylic acids is 2. The number of carbonyl (C=O) groups is 2. The number of aryl methyl sites for hydroxylation is 1. The van der Waals surface area contributed by atoms with Gasteiger partial charge in [0.05, 0.1) is 10.6 Å². The van der Waals surface area contributed by atoms with Gasteiger partial charge in [-0.05, 0) is 49.1 Å². The molecule has 0 fully saturated rings. The minimum atomic E-state index is -0.850. The lowest BCUT2D eigenvalue weighted by atomic mass is 10.1. The average molecular weight is 486 g/mol. The van der Waals surface area contributed by atoms with Crippen molar-refractivity contribution in [2.75, 3.05) is 12.0 Å². The van der Waals surface area contributed by atoms with E-state index in [-0.39, 0.29) is 17.8 Å². The molecular formula is C23H24FN5O4S. The molecule has 0 aliphatic rings. The van der Waals surface area contributed by atoms with Crippen LogP contribution in [0.1, 0.15) is 28.2 Å². The molecule has 2 amide bonds. The van der Waals surface area contributed by atoms with Crippen LogP contribution in [0, 0.1) is 22.9 Å². The fraction of sp³-hybridized carbons (Fsp3) is 0.261. The Morgan fingerprint density at radius 3 is 2.71 bits per heavy atom. The zero-order chi connectivity index (χ0) is 24.7. The Hall–Kier alpha value is -3.73. The number of thioether (sulfide) groups is 1. The summed E-state index contributed by atoms with van der Waals surface area (Å²) in [7, 11) is 0. The topological polar surface area (TPSA) is 119 Å². The van der Waals surface area contributed by atoms with E-state index in [2.05, 4.69) is 15.6 Å². The van der Waals surface area contributed by atoms with Crippen LogP contribution in [0.25, 0.3) is 5.69 Å². The van der Waals surface area contributed by atoms with Crippen molar-refractivity contribution in [1.82, 2.24) is 20.2 Å². The van der Waals surface area contributed by atoms with Crippen LogP contribution in [-0.2, 0) is 11.3 Å². The third-order valence-electron chi connectivity index (χ3n) is 5.12. The number of nitro benzene ring substituents is 1. The largest absolute Gasteiger partial charge is 0.350 e. The van der Waals surface area contributed by atoms with Crippen LogP contribution in [-0.4, -0.2) is 44.3 Å². The summed E-state index contributed by atoms with van der Waals surface area (Å²) in [5, 5.41) is 16.3. The number of hydrogen-bond acceptors (Lipinski definition) is 6. The maximum absolute atomic E-state index is 14.6. The smallest absolute Gasteiger partial charge is 0.270 e. The van der Waals surface area contributed by atoms with Crippen molar-refractivity contribution in [3.63, 3.8) is 0 Å². The summed E-state index contributed by atoms with van der Waals surface area (Å²) < 4.78 is 16.2. The molecule has 0 aliphatic carbocycles. The molecule has 34 heavy (non-hydrogen) atoms. The highest BCUT2D eigenvalue weighted by atomic mass is 32.2. The third-order valence-corrected chi connectivity index (χ3v) is 5.76. The van der Waals surface area contributed by atoms with E-state index in [0.29, 0.717) is 29.2 Å². The SMILES string of the molecule is CSCCC(NC(=O)c1cccc([N+](=O)[O-])c1)C(=O)NCc1ccc(-n2ccnc2C)c(F)c1. The van der Waals surface area contributed by atoms with E-state index in [9.17, 15) is 24.1 Å². The van der Waals surface area contributed by atoms with Gasteiger partial charge in [0.15, 0.2) is 0 Å².